The van der Waals surface area contributed by atoms with Gasteiger partial charge in [-0.15, -0.1) is 16.5 Å². The number of carbonyl (C=O) groups is 3. The van der Waals surface area contributed by atoms with Crippen LogP contribution in [0.3, 0.4) is 0 Å². The predicted molar refractivity (Wildman–Crippen MR) is 129 cm³/mol. The van der Waals surface area contributed by atoms with Gasteiger partial charge in [0.2, 0.25) is 0 Å². The zero-order valence-electron chi connectivity index (χ0n) is 18.4. The lowest BCUT2D eigenvalue weighted by atomic mass is 10.1. The third kappa shape index (κ3) is 5.20. The van der Waals surface area contributed by atoms with E-state index in [0.29, 0.717) is 14.9 Å². The van der Waals surface area contributed by atoms with Crippen LogP contribution in [0.25, 0.3) is 5.69 Å². The first-order valence-electron chi connectivity index (χ1n) is 10.5. The highest BCUT2D eigenvalue weighted by Gasteiger charge is 2.43. The normalized spacial score (nSPS) is 17.2. The fraction of sp³-hybridized carbons (Fsp3) is 0.217. The highest BCUT2D eigenvalue weighted by molar-refractivity contribution is 7.18. The number of likely N-dealkylation sites (tertiary alicyclic amines) is 1. The molecule has 0 spiro atoms. The van der Waals surface area contributed by atoms with Crippen LogP contribution in [-0.4, -0.2) is 53.1 Å². The number of aromatic nitrogens is 1. The Hall–Kier alpha value is -3.70. The van der Waals surface area contributed by atoms with Gasteiger partial charge in [-0.05, 0) is 48.9 Å². The lowest BCUT2D eigenvalue weighted by Gasteiger charge is -2.24. The van der Waals surface area contributed by atoms with E-state index in [1.165, 1.54) is 34.9 Å². The van der Waals surface area contributed by atoms with Crippen LogP contribution in [0.2, 0.25) is 4.34 Å². The molecule has 0 bridgehead atoms. The maximum Gasteiger partial charge on any atom is 0.410 e. The summed E-state index contributed by atoms with van der Waals surface area (Å²) in [6.45, 7) is -0.0301. The number of amides is 3. The van der Waals surface area contributed by atoms with E-state index in [4.69, 9.17) is 16.3 Å². The molecular formula is C23H20ClFN4O5S. The quantitative estimate of drug-likeness (QED) is 0.522. The van der Waals surface area contributed by atoms with E-state index in [1.807, 2.05) is 0 Å². The van der Waals surface area contributed by atoms with Crippen LogP contribution >= 0.6 is 22.9 Å². The molecule has 1 aromatic carbocycles. The van der Waals surface area contributed by atoms with Crippen molar-refractivity contribution in [1.82, 2.24) is 14.8 Å². The number of methoxy groups -OCH3 is 1. The van der Waals surface area contributed by atoms with E-state index < -0.39 is 30.0 Å². The van der Waals surface area contributed by atoms with E-state index in [1.54, 1.807) is 30.5 Å². The van der Waals surface area contributed by atoms with Gasteiger partial charge in [-0.25, -0.2) is 4.79 Å². The summed E-state index contributed by atoms with van der Waals surface area (Å²) in [6, 6.07) is 11.7. The van der Waals surface area contributed by atoms with Crippen molar-refractivity contribution in [3.8, 4) is 5.69 Å². The molecule has 0 radical (unpaired) electrons. The number of anilines is 1. The Bertz CT molecular complexity index is 1310. The molecule has 1 saturated heterocycles. The maximum absolute atomic E-state index is 15.1. The maximum atomic E-state index is 15.1. The largest absolute Gasteiger partial charge is 0.453 e. The van der Waals surface area contributed by atoms with Crippen molar-refractivity contribution in [2.24, 2.45) is 0 Å². The van der Waals surface area contributed by atoms with Crippen molar-refractivity contribution >= 4 is 46.5 Å². The first kappa shape index (κ1) is 24.4. The molecule has 4 rings (SSSR count). The summed E-state index contributed by atoms with van der Waals surface area (Å²) < 4.78 is 21.7. The molecule has 2 aromatic heterocycles. The predicted octanol–water partition coefficient (Wildman–Crippen LogP) is 3.41. The molecule has 3 heterocycles. The van der Waals surface area contributed by atoms with Crippen LogP contribution in [0.1, 0.15) is 16.1 Å². The molecule has 0 aliphatic carbocycles. The van der Waals surface area contributed by atoms with E-state index in [9.17, 15) is 19.2 Å². The Morgan fingerprint density at radius 2 is 1.89 bits per heavy atom. The Balaban J connectivity index is 1.49. The number of ether oxygens (including phenoxy) is 1. The number of benzene rings is 1. The van der Waals surface area contributed by atoms with E-state index in [0.717, 1.165) is 23.3 Å². The second-order valence-corrected chi connectivity index (χ2v) is 9.41. The number of hydrogen-bond donors (Lipinski definition) is 1. The number of carbonyl (C=O) groups excluding carboxylic acids is 3. The summed E-state index contributed by atoms with van der Waals surface area (Å²) in [5.41, 5.74) is 0.160. The summed E-state index contributed by atoms with van der Waals surface area (Å²) in [4.78, 5) is 51.2. The summed E-state index contributed by atoms with van der Waals surface area (Å²) in [5, 5.41) is 2.70. The Labute approximate surface area is 208 Å². The van der Waals surface area contributed by atoms with Gasteiger partial charge >= 0.3 is 6.09 Å². The first-order valence-corrected chi connectivity index (χ1v) is 11.7. The van der Waals surface area contributed by atoms with Crippen LogP contribution in [0.4, 0.5) is 15.0 Å². The third-order valence-corrected chi connectivity index (χ3v) is 6.73. The molecule has 9 nitrogen and oxygen atoms in total. The minimum Gasteiger partial charge on any atom is -0.453 e. The second kappa shape index (κ2) is 10.3. The molecule has 1 aliphatic heterocycles. The van der Waals surface area contributed by atoms with E-state index in [2.05, 4.69) is 5.32 Å². The van der Waals surface area contributed by atoms with Gasteiger partial charge in [-0.1, -0.05) is 22.1 Å². The van der Waals surface area contributed by atoms with Gasteiger partial charge in [0.1, 0.15) is 6.04 Å². The smallest absolute Gasteiger partial charge is 0.410 e. The number of pyridine rings is 1. The fourth-order valence-corrected chi connectivity index (χ4v) is 4.78. The Kier molecular flexibility index (Phi) is 7.17. The second-order valence-electron chi connectivity index (χ2n) is 7.69. The minimum atomic E-state index is -1.19. The lowest BCUT2D eigenvalue weighted by Crippen LogP contribution is -2.45. The van der Waals surface area contributed by atoms with Gasteiger partial charge in [0.25, 0.3) is 17.4 Å². The van der Waals surface area contributed by atoms with Gasteiger partial charge < -0.3 is 10.1 Å². The van der Waals surface area contributed by atoms with Gasteiger partial charge in [0.15, 0.2) is 0 Å². The molecular weight excluding hydrogens is 499 g/mol. The molecule has 1 N–H and O–H groups in total. The molecule has 2 atom stereocenters. The highest BCUT2D eigenvalue weighted by atomic mass is 35.5. The molecule has 12 heteroatoms. The number of hydrogen-bond acceptors (Lipinski definition) is 6. The topological polar surface area (TPSA) is 101 Å². The van der Waals surface area contributed by atoms with Crippen molar-refractivity contribution in [1.29, 1.82) is 0 Å². The number of thiophene rings is 1. The number of rotatable bonds is 5. The summed E-state index contributed by atoms with van der Waals surface area (Å²) in [5.74, 6) is -1.40. The molecule has 1 aliphatic rings. The van der Waals surface area contributed by atoms with E-state index >= 15 is 4.48 Å². The number of nitrogens with one attached hydrogen (secondary N) is 1. The minimum absolute atomic E-state index is 0.00328. The van der Waals surface area contributed by atoms with Gasteiger partial charge in [-0.2, -0.15) is 0 Å². The van der Waals surface area contributed by atoms with Gasteiger partial charge in [-0.3, -0.25) is 23.9 Å². The summed E-state index contributed by atoms with van der Waals surface area (Å²) >= 11 is 6.97. The SMILES string of the molecule is COC(=O)N1C[C@@H](NC(=O)c2ccc(Cl)s2)C[C@H]1C(=O)N(F)c1ccc(-n2ccccc2=O)cc1. The van der Waals surface area contributed by atoms with Crippen LogP contribution in [0.5, 0.6) is 0 Å². The van der Waals surface area contributed by atoms with Gasteiger partial charge in [0, 0.05) is 30.5 Å². The van der Waals surface area contributed by atoms with Crippen molar-refractivity contribution in [2.75, 3.05) is 18.8 Å². The molecule has 1 fully saturated rings. The number of halogens is 2. The molecule has 0 saturated carbocycles. The molecule has 182 valence electrons. The summed E-state index contributed by atoms with van der Waals surface area (Å²) in [6.07, 6.45) is 0.754. The van der Waals surface area contributed by atoms with Crippen LogP contribution < -0.4 is 16.0 Å². The lowest BCUT2D eigenvalue weighted by molar-refractivity contribution is -0.125. The average molecular weight is 519 g/mol. The van der Waals surface area contributed by atoms with Crippen LogP contribution in [-0.2, 0) is 9.53 Å². The zero-order valence-corrected chi connectivity index (χ0v) is 20.0. The first-order chi connectivity index (χ1) is 16.8. The van der Waals surface area contributed by atoms with E-state index in [-0.39, 0.29) is 29.3 Å². The van der Waals surface area contributed by atoms with Crippen LogP contribution in [0, 0.1) is 0 Å². The Morgan fingerprint density at radius 1 is 1.14 bits per heavy atom. The molecule has 3 amide bonds. The standard InChI is InChI=1S/C23H20ClFN4O5S/c1-34-23(33)28-13-14(26-21(31)18-9-10-19(24)35-18)12-17(28)22(32)29(25)16-7-5-15(6-8-16)27-11-3-2-4-20(27)30/h2-11,14,17H,12-13H2,1H3,(H,26,31)/t14-,17-/m0/s1. The molecule has 0 unspecified atom stereocenters. The molecule has 3 aromatic rings. The highest BCUT2D eigenvalue weighted by Crippen LogP contribution is 2.26. The van der Waals surface area contributed by atoms with Crippen molar-refractivity contribution in [2.45, 2.75) is 18.5 Å². The fourth-order valence-electron chi connectivity index (χ4n) is 3.83. The summed E-state index contributed by atoms with van der Waals surface area (Å²) in [7, 11) is 1.15. The molecule has 35 heavy (non-hydrogen) atoms. The monoisotopic (exact) mass is 518 g/mol. The average Bonchev–Trinajstić information content (AvgIpc) is 3.49. The number of nitrogens with zero attached hydrogens (tertiary/aromatic N) is 3. The van der Waals surface area contributed by atoms with Crippen molar-refractivity contribution in [3.63, 3.8) is 0 Å². The third-order valence-electron chi connectivity index (χ3n) is 5.50. The van der Waals surface area contributed by atoms with Crippen molar-refractivity contribution in [3.05, 3.63) is 80.4 Å². The zero-order chi connectivity index (χ0) is 25.1. The van der Waals surface area contributed by atoms with Gasteiger partial charge in [0.05, 0.1) is 22.0 Å². The van der Waals surface area contributed by atoms with Crippen LogP contribution in [0.15, 0.2) is 65.6 Å². The van der Waals surface area contributed by atoms with Crippen molar-refractivity contribution < 1.29 is 23.6 Å². The Morgan fingerprint density at radius 3 is 2.51 bits per heavy atom.